The van der Waals surface area contributed by atoms with Gasteiger partial charge >= 0.3 is 0 Å². The third-order valence-corrected chi connectivity index (χ3v) is 5.09. The van der Waals surface area contributed by atoms with Crippen molar-refractivity contribution in [2.24, 2.45) is 0 Å². The van der Waals surface area contributed by atoms with Crippen LogP contribution in [0, 0.1) is 10.1 Å². The summed E-state index contributed by atoms with van der Waals surface area (Å²) in [5.41, 5.74) is 1.72. The molecule has 1 aromatic carbocycles. The van der Waals surface area contributed by atoms with Crippen LogP contribution in [0.1, 0.15) is 41.3 Å². The van der Waals surface area contributed by atoms with Crippen molar-refractivity contribution >= 4 is 28.1 Å². The SMILES string of the molecule is CCCc1nc(NC(=O)c2ccn(-c3cccc([N+](=O)[O-])c3)n2)sc1CC. The van der Waals surface area contributed by atoms with Gasteiger partial charge < -0.3 is 0 Å². The molecule has 2 aromatic heterocycles. The second-order valence-electron chi connectivity index (χ2n) is 5.87. The van der Waals surface area contributed by atoms with Crippen LogP contribution in [0.2, 0.25) is 0 Å². The maximum Gasteiger partial charge on any atom is 0.277 e. The molecule has 9 heteroatoms. The lowest BCUT2D eigenvalue weighted by atomic mass is 10.2. The fourth-order valence-corrected chi connectivity index (χ4v) is 3.59. The highest BCUT2D eigenvalue weighted by Gasteiger charge is 2.15. The lowest BCUT2D eigenvalue weighted by molar-refractivity contribution is -0.384. The summed E-state index contributed by atoms with van der Waals surface area (Å²) in [6.07, 6.45) is 4.36. The molecule has 1 N–H and O–H groups in total. The minimum atomic E-state index is -0.470. The molecule has 8 nitrogen and oxygen atoms in total. The predicted molar refractivity (Wildman–Crippen MR) is 104 cm³/mol. The molecule has 27 heavy (non-hydrogen) atoms. The Kier molecular flexibility index (Phi) is 5.60. The van der Waals surface area contributed by atoms with Gasteiger partial charge in [0, 0.05) is 23.2 Å². The van der Waals surface area contributed by atoms with E-state index in [1.165, 1.54) is 33.0 Å². The number of nitro groups is 1. The standard InChI is InChI=1S/C18H19N5O3S/c1-3-6-14-16(4-2)27-18(19-14)20-17(24)15-9-10-22(21-15)12-7-5-8-13(11-12)23(25)26/h5,7-11H,3-4,6H2,1-2H3,(H,19,20,24). The Morgan fingerprint density at radius 1 is 1.33 bits per heavy atom. The van der Waals surface area contributed by atoms with E-state index < -0.39 is 4.92 Å². The van der Waals surface area contributed by atoms with Gasteiger partial charge in [0.1, 0.15) is 0 Å². The van der Waals surface area contributed by atoms with E-state index in [0.717, 1.165) is 25.0 Å². The summed E-state index contributed by atoms with van der Waals surface area (Å²) in [7, 11) is 0. The first-order valence-electron chi connectivity index (χ1n) is 8.62. The molecular formula is C18H19N5O3S. The van der Waals surface area contributed by atoms with Gasteiger partial charge in [-0.2, -0.15) is 5.10 Å². The van der Waals surface area contributed by atoms with Crippen molar-refractivity contribution in [1.29, 1.82) is 0 Å². The molecule has 0 aliphatic heterocycles. The first kappa shape index (κ1) is 18.7. The second kappa shape index (κ2) is 8.09. The molecule has 0 bridgehead atoms. The largest absolute Gasteiger partial charge is 0.296 e. The Morgan fingerprint density at radius 3 is 2.85 bits per heavy atom. The van der Waals surface area contributed by atoms with Gasteiger partial charge in [-0.25, -0.2) is 9.67 Å². The number of benzene rings is 1. The fourth-order valence-electron chi connectivity index (χ4n) is 2.64. The summed E-state index contributed by atoms with van der Waals surface area (Å²) in [6, 6.07) is 7.64. The summed E-state index contributed by atoms with van der Waals surface area (Å²) >= 11 is 1.48. The van der Waals surface area contributed by atoms with Crippen LogP contribution in [-0.2, 0) is 12.8 Å². The monoisotopic (exact) mass is 385 g/mol. The van der Waals surface area contributed by atoms with Crippen molar-refractivity contribution in [3.63, 3.8) is 0 Å². The Hall–Kier alpha value is -3.07. The number of nitrogens with one attached hydrogen (secondary N) is 1. The number of rotatable bonds is 7. The first-order chi connectivity index (χ1) is 13.0. The van der Waals surface area contributed by atoms with E-state index >= 15 is 0 Å². The number of non-ortho nitro benzene ring substituents is 1. The van der Waals surface area contributed by atoms with E-state index in [4.69, 9.17) is 0 Å². The molecule has 0 aliphatic rings. The maximum atomic E-state index is 12.5. The molecule has 0 saturated carbocycles. The molecule has 140 valence electrons. The second-order valence-corrected chi connectivity index (χ2v) is 6.95. The number of hydrogen-bond donors (Lipinski definition) is 1. The van der Waals surface area contributed by atoms with E-state index in [9.17, 15) is 14.9 Å². The Morgan fingerprint density at radius 2 is 2.15 bits per heavy atom. The van der Waals surface area contributed by atoms with Gasteiger partial charge in [-0.05, 0) is 25.0 Å². The number of amides is 1. The van der Waals surface area contributed by atoms with Gasteiger partial charge in [-0.3, -0.25) is 20.2 Å². The van der Waals surface area contributed by atoms with Gasteiger partial charge in [-0.15, -0.1) is 11.3 Å². The van der Waals surface area contributed by atoms with Crippen molar-refractivity contribution in [3.05, 3.63) is 62.9 Å². The summed E-state index contributed by atoms with van der Waals surface area (Å²) in [5.74, 6) is -0.362. The maximum absolute atomic E-state index is 12.5. The highest BCUT2D eigenvalue weighted by molar-refractivity contribution is 7.15. The third-order valence-electron chi connectivity index (χ3n) is 3.93. The van der Waals surface area contributed by atoms with Gasteiger partial charge in [0.05, 0.1) is 16.3 Å². The summed E-state index contributed by atoms with van der Waals surface area (Å²) in [5, 5.41) is 18.5. The molecule has 0 unspecified atom stereocenters. The number of carbonyl (C=O) groups is 1. The Bertz CT molecular complexity index is 979. The van der Waals surface area contributed by atoms with Crippen LogP contribution >= 0.6 is 11.3 Å². The normalized spacial score (nSPS) is 10.7. The zero-order valence-corrected chi connectivity index (χ0v) is 15.8. The molecule has 0 atom stereocenters. The number of nitro benzene ring substituents is 1. The zero-order chi connectivity index (χ0) is 19.4. The summed E-state index contributed by atoms with van der Waals surface area (Å²) in [6.45, 7) is 4.16. The molecule has 1 amide bonds. The zero-order valence-electron chi connectivity index (χ0n) is 15.0. The third kappa shape index (κ3) is 4.20. The topological polar surface area (TPSA) is 103 Å². The molecule has 0 spiro atoms. The van der Waals surface area contributed by atoms with E-state index in [0.29, 0.717) is 10.8 Å². The molecule has 0 saturated heterocycles. The van der Waals surface area contributed by atoms with Crippen molar-refractivity contribution in [2.45, 2.75) is 33.1 Å². The Labute approximate surface area is 160 Å². The van der Waals surface area contributed by atoms with Gasteiger partial charge in [-0.1, -0.05) is 26.3 Å². The van der Waals surface area contributed by atoms with E-state index in [1.807, 2.05) is 0 Å². The number of aryl methyl sites for hydroxylation is 2. The quantitative estimate of drug-likeness (QED) is 0.489. The molecular weight excluding hydrogens is 366 g/mol. The van der Waals surface area contributed by atoms with Crippen molar-refractivity contribution < 1.29 is 9.72 Å². The van der Waals surface area contributed by atoms with Crippen molar-refractivity contribution in [3.8, 4) is 5.69 Å². The molecule has 3 aromatic rings. The molecule has 0 fully saturated rings. The van der Waals surface area contributed by atoms with E-state index in [2.05, 4.69) is 29.2 Å². The highest BCUT2D eigenvalue weighted by atomic mass is 32.1. The number of aromatic nitrogens is 3. The van der Waals surface area contributed by atoms with Gasteiger partial charge in [0.2, 0.25) is 0 Å². The van der Waals surface area contributed by atoms with Crippen LogP contribution in [0.25, 0.3) is 5.69 Å². The number of nitrogens with zero attached hydrogens (tertiary/aromatic N) is 4. The van der Waals surface area contributed by atoms with Crippen LogP contribution in [0.3, 0.4) is 0 Å². The molecule has 0 radical (unpaired) electrons. The van der Waals surface area contributed by atoms with Crippen LogP contribution in [0.15, 0.2) is 36.5 Å². The molecule has 3 rings (SSSR count). The number of thiazole rings is 1. The van der Waals surface area contributed by atoms with E-state index in [-0.39, 0.29) is 17.3 Å². The van der Waals surface area contributed by atoms with Crippen molar-refractivity contribution in [1.82, 2.24) is 14.8 Å². The predicted octanol–water partition coefficient (Wildman–Crippen LogP) is 4.00. The summed E-state index contributed by atoms with van der Waals surface area (Å²) in [4.78, 5) is 28.6. The molecule has 2 heterocycles. The van der Waals surface area contributed by atoms with Crippen LogP contribution in [0.4, 0.5) is 10.8 Å². The van der Waals surface area contributed by atoms with Crippen LogP contribution < -0.4 is 5.32 Å². The first-order valence-corrected chi connectivity index (χ1v) is 9.43. The lowest BCUT2D eigenvalue weighted by Crippen LogP contribution is -2.13. The number of anilines is 1. The smallest absolute Gasteiger partial charge is 0.277 e. The summed E-state index contributed by atoms with van der Waals surface area (Å²) < 4.78 is 1.43. The van der Waals surface area contributed by atoms with Gasteiger partial charge in [0.15, 0.2) is 10.8 Å². The minimum absolute atomic E-state index is 0.0349. The average Bonchev–Trinajstić information content (AvgIpc) is 3.29. The number of hydrogen-bond acceptors (Lipinski definition) is 6. The minimum Gasteiger partial charge on any atom is -0.296 e. The highest BCUT2D eigenvalue weighted by Crippen LogP contribution is 2.25. The number of carbonyl (C=O) groups excluding carboxylic acids is 1. The lowest BCUT2D eigenvalue weighted by Gasteiger charge is -2.01. The Balaban J connectivity index is 1.77. The van der Waals surface area contributed by atoms with Crippen molar-refractivity contribution in [2.75, 3.05) is 5.32 Å². The van der Waals surface area contributed by atoms with Gasteiger partial charge in [0.25, 0.3) is 11.6 Å². The van der Waals surface area contributed by atoms with Crippen LogP contribution in [-0.4, -0.2) is 25.6 Å². The van der Waals surface area contributed by atoms with E-state index in [1.54, 1.807) is 24.4 Å². The fraction of sp³-hybridized carbons (Fsp3) is 0.278. The molecule has 0 aliphatic carbocycles. The van der Waals surface area contributed by atoms with Crippen LogP contribution in [0.5, 0.6) is 0 Å². The average molecular weight is 385 g/mol.